The Morgan fingerprint density at radius 2 is 1.96 bits per heavy atom. The molecule has 0 radical (unpaired) electrons. The molecule has 6 heteroatoms. The zero-order valence-electron chi connectivity index (χ0n) is 16.6. The fourth-order valence-corrected chi connectivity index (χ4v) is 3.90. The average molecular weight is 394 g/mol. The van der Waals surface area contributed by atoms with Crippen molar-refractivity contribution in [2.24, 2.45) is 4.99 Å². The lowest BCUT2D eigenvalue weighted by molar-refractivity contribution is -0.148. The Bertz CT molecular complexity index is 662. The van der Waals surface area contributed by atoms with Gasteiger partial charge in [-0.3, -0.25) is 4.99 Å². The second-order valence-corrected chi connectivity index (χ2v) is 8.02. The molecule has 5 nitrogen and oxygen atoms in total. The first-order valence-corrected chi connectivity index (χ1v) is 10.8. The highest BCUT2D eigenvalue weighted by atomic mass is 32.2. The lowest BCUT2D eigenvalue weighted by atomic mass is 10.1. The molecule has 1 aliphatic heterocycles. The molecular formula is C21H31NO4S. The van der Waals surface area contributed by atoms with Gasteiger partial charge < -0.3 is 14.6 Å². The van der Waals surface area contributed by atoms with Gasteiger partial charge >= 0.3 is 5.97 Å². The predicted octanol–water partition coefficient (Wildman–Crippen LogP) is 4.95. The molecule has 0 aromatic heterocycles. The van der Waals surface area contributed by atoms with Crippen LogP contribution in [0.15, 0.2) is 23.2 Å². The molecule has 0 bridgehead atoms. The first-order valence-electron chi connectivity index (χ1n) is 9.86. The van der Waals surface area contributed by atoms with Crippen molar-refractivity contribution in [2.75, 3.05) is 19.0 Å². The van der Waals surface area contributed by atoms with Crippen molar-refractivity contribution >= 4 is 22.8 Å². The van der Waals surface area contributed by atoms with E-state index in [2.05, 4.69) is 18.8 Å². The van der Waals surface area contributed by atoms with Gasteiger partial charge in [-0.1, -0.05) is 39.5 Å². The maximum atomic E-state index is 12.3. The molecule has 1 aromatic rings. The number of thioether (sulfide) groups is 1. The third-order valence-corrected chi connectivity index (χ3v) is 5.77. The number of carbonyl (C=O) groups is 1. The molecule has 0 spiro atoms. The van der Waals surface area contributed by atoms with Crippen LogP contribution in [0.1, 0.15) is 64.9 Å². The second-order valence-electron chi connectivity index (χ2n) is 7.06. The Kier molecular flexibility index (Phi) is 8.48. The quantitative estimate of drug-likeness (QED) is 0.426. The van der Waals surface area contributed by atoms with Crippen molar-refractivity contribution in [3.63, 3.8) is 0 Å². The van der Waals surface area contributed by atoms with E-state index in [4.69, 9.17) is 9.47 Å². The molecule has 0 unspecified atom stereocenters. The van der Waals surface area contributed by atoms with Crippen molar-refractivity contribution in [3.8, 4) is 11.5 Å². The van der Waals surface area contributed by atoms with Crippen molar-refractivity contribution < 1.29 is 19.4 Å². The van der Waals surface area contributed by atoms with Gasteiger partial charge in [-0.25, -0.2) is 4.79 Å². The molecule has 1 atom stereocenters. The van der Waals surface area contributed by atoms with Crippen LogP contribution in [0.3, 0.4) is 0 Å². The molecule has 1 aromatic carbocycles. The summed E-state index contributed by atoms with van der Waals surface area (Å²) < 4.78 is 11.0. The fourth-order valence-electron chi connectivity index (χ4n) is 2.71. The number of rotatable bonds is 11. The topological polar surface area (TPSA) is 68.1 Å². The van der Waals surface area contributed by atoms with Gasteiger partial charge in [0.25, 0.3) is 0 Å². The number of aromatic hydroxyl groups is 1. The lowest BCUT2D eigenvalue weighted by Crippen LogP contribution is -2.35. The van der Waals surface area contributed by atoms with E-state index in [0.717, 1.165) is 25.7 Å². The van der Waals surface area contributed by atoms with Gasteiger partial charge in [0.15, 0.2) is 5.54 Å². The summed E-state index contributed by atoms with van der Waals surface area (Å²) in [6.07, 6.45) is 6.41. The molecule has 0 fully saturated rings. The molecule has 0 aliphatic carbocycles. The normalized spacial score (nSPS) is 19.0. The Labute approximate surface area is 166 Å². The number of phenols is 1. The largest absolute Gasteiger partial charge is 0.507 e. The summed E-state index contributed by atoms with van der Waals surface area (Å²) in [7, 11) is 0. The molecule has 1 N–H and O–H groups in total. The minimum absolute atomic E-state index is 0.121. The SMILES string of the molecule is CCCCCCOc1ccc(C2=N[C@@](C)(C(=O)OCCCC)CS2)c(O)c1. The number of ether oxygens (including phenoxy) is 2. The first-order chi connectivity index (χ1) is 13.0. The van der Waals surface area contributed by atoms with Crippen LogP contribution >= 0.6 is 11.8 Å². The van der Waals surface area contributed by atoms with Gasteiger partial charge in [0.1, 0.15) is 16.5 Å². The maximum Gasteiger partial charge on any atom is 0.334 e. The zero-order valence-corrected chi connectivity index (χ0v) is 17.4. The second kappa shape index (κ2) is 10.6. The van der Waals surface area contributed by atoms with Crippen LogP contribution in [0, 0.1) is 0 Å². The fraction of sp³-hybridized carbons (Fsp3) is 0.619. The van der Waals surface area contributed by atoms with Crippen molar-refractivity contribution in [2.45, 2.75) is 64.8 Å². The summed E-state index contributed by atoms with van der Waals surface area (Å²) >= 11 is 1.47. The third-order valence-electron chi connectivity index (χ3n) is 4.48. The predicted molar refractivity (Wildman–Crippen MR) is 111 cm³/mol. The first kappa shape index (κ1) is 21.6. The van der Waals surface area contributed by atoms with Crippen LogP contribution in [0.4, 0.5) is 0 Å². The van der Waals surface area contributed by atoms with E-state index >= 15 is 0 Å². The smallest absolute Gasteiger partial charge is 0.334 e. The van der Waals surface area contributed by atoms with Crippen LogP contribution in [0.2, 0.25) is 0 Å². The number of phenolic OH excluding ortho intramolecular Hbond substituents is 1. The zero-order chi connectivity index (χ0) is 19.7. The Morgan fingerprint density at radius 1 is 1.19 bits per heavy atom. The van der Waals surface area contributed by atoms with Gasteiger partial charge in [0.2, 0.25) is 0 Å². The summed E-state index contributed by atoms with van der Waals surface area (Å²) in [6, 6.07) is 5.26. The van der Waals surface area contributed by atoms with Gasteiger partial charge in [-0.05, 0) is 31.9 Å². The average Bonchev–Trinajstić information content (AvgIpc) is 3.05. The molecular weight excluding hydrogens is 362 g/mol. The summed E-state index contributed by atoms with van der Waals surface area (Å²) in [4.78, 5) is 16.9. The highest BCUT2D eigenvalue weighted by molar-refractivity contribution is 8.14. The summed E-state index contributed by atoms with van der Waals surface area (Å²) in [6.45, 7) is 7.09. The number of carbonyl (C=O) groups excluding carboxylic acids is 1. The molecule has 150 valence electrons. The summed E-state index contributed by atoms with van der Waals surface area (Å²) in [5.41, 5.74) is -0.266. The van der Waals surface area contributed by atoms with E-state index in [1.165, 1.54) is 24.6 Å². The van der Waals surface area contributed by atoms with E-state index in [0.29, 0.717) is 35.3 Å². The Hall–Kier alpha value is -1.69. The number of hydrogen-bond acceptors (Lipinski definition) is 6. The van der Waals surface area contributed by atoms with Crippen LogP contribution in [0.25, 0.3) is 0 Å². The highest BCUT2D eigenvalue weighted by Gasteiger charge is 2.40. The Balaban J connectivity index is 1.98. The monoisotopic (exact) mass is 393 g/mol. The van der Waals surface area contributed by atoms with Crippen molar-refractivity contribution in [1.29, 1.82) is 0 Å². The molecule has 1 heterocycles. The number of nitrogens with zero attached hydrogens (tertiary/aromatic N) is 1. The molecule has 1 aliphatic rings. The number of benzene rings is 1. The number of hydrogen-bond donors (Lipinski definition) is 1. The van der Waals surface area contributed by atoms with Gasteiger partial charge in [0.05, 0.1) is 13.2 Å². The molecule has 0 saturated carbocycles. The Morgan fingerprint density at radius 3 is 2.67 bits per heavy atom. The number of aliphatic imine (C=N–C) groups is 1. The van der Waals surface area contributed by atoms with E-state index in [1.54, 1.807) is 19.1 Å². The van der Waals surface area contributed by atoms with Gasteiger partial charge in [0, 0.05) is 17.4 Å². The molecule has 2 rings (SSSR count). The minimum atomic E-state index is -0.894. The lowest BCUT2D eigenvalue weighted by Gasteiger charge is -2.17. The third kappa shape index (κ3) is 6.16. The van der Waals surface area contributed by atoms with Crippen LogP contribution in [0.5, 0.6) is 11.5 Å². The number of unbranched alkanes of at least 4 members (excludes halogenated alkanes) is 4. The summed E-state index contributed by atoms with van der Waals surface area (Å²) in [5, 5.41) is 11.0. The van der Waals surface area contributed by atoms with Crippen molar-refractivity contribution in [3.05, 3.63) is 23.8 Å². The molecule has 0 amide bonds. The molecule has 27 heavy (non-hydrogen) atoms. The van der Waals surface area contributed by atoms with E-state index in [-0.39, 0.29) is 11.7 Å². The van der Waals surface area contributed by atoms with Crippen LogP contribution in [-0.2, 0) is 9.53 Å². The minimum Gasteiger partial charge on any atom is -0.507 e. The number of esters is 1. The van der Waals surface area contributed by atoms with E-state index < -0.39 is 5.54 Å². The van der Waals surface area contributed by atoms with E-state index in [9.17, 15) is 9.90 Å². The standard InChI is InChI=1S/C21H31NO4S/c1-4-6-8-9-13-25-16-10-11-17(18(23)14-16)19-22-21(3,15-27-19)20(24)26-12-7-5-2/h10-11,14,23H,4-9,12-13,15H2,1-3H3/t21-/m1/s1. The van der Waals surface area contributed by atoms with Crippen LogP contribution < -0.4 is 4.74 Å². The highest BCUT2D eigenvalue weighted by Crippen LogP contribution is 2.36. The van der Waals surface area contributed by atoms with Crippen LogP contribution in [-0.4, -0.2) is 40.6 Å². The maximum absolute atomic E-state index is 12.3. The summed E-state index contributed by atoms with van der Waals surface area (Å²) in [5.74, 6) is 0.988. The van der Waals surface area contributed by atoms with Gasteiger partial charge in [-0.2, -0.15) is 0 Å². The van der Waals surface area contributed by atoms with Gasteiger partial charge in [-0.15, -0.1) is 11.8 Å². The molecule has 0 saturated heterocycles. The van der Waals surface area contributed by atoms with E-state index in [1.807, 2.05) is 6.07 Å². The van der Waals surface area contributed by atoms with Crippen molar-refractivity contribution in [1.82, 2.24) is 0 Å².